The molecule has 0 saturated heterocycles. The van der Waals surface area contributed by atoms with Crippen LogP contribution in [0.15, 0.2) is 29.2 Å². The van der Waals surface area contributed by atoms with Gasteiger partial charge in [0.25, 0.3) is 0 Å². The second-order valence-electron chi connectivity index (χ2n) is 6.46. The molecule has 0 aliphatic carbocycles. The largest absolute Gasteiger partial charge is 0.382 e. The smallest absolute Gasteiger partial charge is 0.0477 e. The molecule has 1 unspecified atom stereocenters. The Morgan fingerprint density at radius 2 is 1.86 bits per heavy atom. The molecular weight excluding hydrogens is 278 g/mol. The molecular formula is C18H31NOS. The molecule has 0 aliphatic rings. The third-order valence-corrected chi connectivity index (χ3v) is 4.45. The Labute approximate surface area is 135 Å². The molecule has 21 heavy (non-hydrogen) atoms. The summed E-state index contributed by atoms with van der Waals surface area (Å²) < 4.78 is 5.33. The number of benzene rings is 1. The van der Waals surface area contributed by atoms with E-state index >= 15 is 0 Å². The molecule has 0 saturated carbocycles. The Morgan fingerprint density at radius 3 is 2.43 bits per heavy atom. The van der Waals surface area contributed by atoms with Gasteiger partial charge in [0.05, 0.1) is 0 Å². The molecule has 0 amide bonds. The molecule has 1 rings (SSSR count). The van der Waals surface area contributed by atoms with Gasteiger partial charge in [-0.05, 0) is 43.0 Å². The maximum Gasteiger partial charge on any atom is 0.0477 e. The number of hydrogen-bond donors (Lipinski definition) is 1. The van der Waals surface area contributed by atoms with Gasteiger partial charge >= 0.3 is 0 Å². The number of thioether (sulfide) groups is 1. The fraction of sp³-hybridized carbons (Fsp3) is 0.667. The summed E-state index contributed by atoms with van der Waals surface area (Å²) in [5, 5.41) is 4.08. The van der Waals surface area contributed by atoms with E-state index in [2.05, 4.69) is 57.3 Å². The molecule has 2 nitrogen and oxygen atoms in total. The third-order valence-electron chi connectivity index (χ3n) is 3.34. The van der Waals surface area contributed by atoms with Crippen LogP contribution in [-0.2, 0) is 10.2 Å². The van der Waals surface area contributed by atoms with Gasteiger partial charge in [0.15, 0.2) is 0 Å². The summed E-state index contributed by atoms with van der Waals surface area (Å²) in [5.41, 5.74) is 1.63. The summed E-state index contributed by atoms with van der Waals surface area (Å²) in [7, 11) is 0. The minimum absolute atomic E-state index is 0.233. The maximum absolute atomic E-state index is 5.33. The van der Waals surface area contributed by atoms with Gasteiger partial charge in [-0.25, -0.2) is 0 Å². The van der Waals surface area contributed by atoms with Gasteiger partial charge in [0.2, 0.25) is 0 Å². The van der Waals surface area contributed by atoms with Gasteiger partial charge in [-0.15, -0.1) is 11.8 Å². The van der Waals surface area contributed by atoms with Gasteiger partial charge in [-0.3, -0.25) is 0 Å². The highest BCUT2D eigenvalue weighted by molar-refractivity contribution is 8.00. The van der Waals surface area contributed by atoms with E-state index in [9.17, 15) is 0 Å². The van der Waals surface area contributed by atoms with Crippen LogP contribution in [0, 0.1) is 0 Å². The van der Waals surface area contributed by atoms with Crippen LogP contribution in [0.4, 0.5) is 0 Å². The van der Waals surface area contributed by atoms with E-state index in [0.717, 1.165) is 32.7 Å². The van der Waals surface area contributed by atoms with Crippen molar-refractivity contribution >= 4 is 11.8 Å². The molecule has 0 spiro atoms. The molecule has 1 aromatic carbocycles. The minimum atomic E-state index is 0.233. The molecule has 1 N–H and O–H groups in total. The zero-order chi connectivity index (χ0) is 15.7. The van der Waals surface area contributed by atoms with Crippen molar-refractivity contribution in [1.82, 2.24) is 5.32 Å². The van der Waals surface area contributed by atoms with Gasteiger partial charge in [0, 0.05) is 29.9 Å². The van der Waals surface area contributed by atoms with E-state index in [1.807, 2.05) is 18.7 Å². The van der Waals surface area contributed by atoms with E-state index in [0.29, 0.717) is 5.25 Å². The molecule has 120 valence electrons. The number of nitrogens with one attached hydrogen (secondary N) is 1. The van der Waals surface area contributed by atoms with Crippen LogP contribution >= 0.6 is 11.8 Å². The monoisotopic (exact) mass is 309 g/mol. The molecule has 1 atom stereocenters. The Balaban J connectivity index is 2.26. The van der Waals surface area contributed by atoms with Crippen LogP contribution in [-0.4, -0.2) is 31.6 Å². The predicted octanol–water partition coefficient (Wildman–Crippen LogP) is 4.48. The van der Waals surface area contributed by atoms with Crippen molar-refractivity contribution in [3.05, 3.63) is 29.8 Å². The number of ether oxygens (including phenoxy) is 1. The first-order chi connectivity index (χ1) is 9.93. The lowest BCUT2D eigenvalue weighted by Gasteiger charge is -2.19. The first kappa shape index (κ1) is 18.5. The summed E-state index contributed by atoms with van der Waals surface area (Å²) in [6, 6.07) is 9.00. The third kappa shape index (κ3) is 7.89. The van der Waals surface area contributed by atoms with Crippen LogP contribution in [0.3, 0.4) is 0 Å². The summed E-state index contributed by atoms with van der Waals surface area (Å²) in [6.45, 7) is 14.8. The SMILES string of the molecule is CCOCCCNCC(C)Sc1ccc(C(C)(C)C)cc1. The molecule has 0 bridgehead atoms. The van der Waals surface area contributed by atoms with E-state index in [-0.39, 0.29) is 5.41 Å². The standard InChI is InChI=1S/C18H31NOS/c1-6-20-13-7-12-19-14-15(2)21-17-10-8-16(9-11-17)18(3,4)5/h8-11,15,19H,6-7,12-14H2,1-5H3. The molecule has 3 heteroatoms. The van der Waals surface area contributed by atoms with Gasteiger partial charge in [-0.1, -0.05) is 39.8 Å². The lowest BCUT2D eigenvalue weighted by Crippen LogP contribution is -2.24. The van der Waals surface area contributed by atoms with Crippen molar-refractivity contribution in [3.8, 4) is 0 Å². The summed E-state index contributed by atoms with van der Waals surface area (Å²) >= 11 is 1.94. The Bertz CT molecular complexity index is 383. The second-order valence-corrected chi connectivity index (χ2v) is 7.97. The number of rotatable bonds is 9. The Morgan fingerprint density at radius 1 is 1.19 bits per heavy atom. The molecule has 1 aromatic rings. The highest BCUT2D eigenvalue weighted by Gasteiger charge is 2.13. The van der Waals surface area contributed by atoms with Crippen LogP contribution < -0.4 is 5.32 Å². The Kier molecular flexibility index (Phi) is 8.38. The minimum Gasteiger partial charge on any atom is -0.382 e. The Hall–Kier alpha value is -0.510. The molecule has 0 heterocycles. The van der Waals surface area contributed by atoms with Crippen molar-refractivity contribution in [2.45, 2.75) is 56.6 Å². The van der Waals surface area contributed by atoms with Crippen molar-refractivity contribution in [2.75, 3.05) is 26.3 Å². The average Bonchev–Trinajstić information content (AvgIpc) is 2.42. The zero-order valence-electron chi connectivity index (χ0n) is 14.2. The lowest BCUT2D eigenvalue weighted by atomic mass is 9.87. The lowest BCUT2D eigenvalue weighted by molar-refractivity contribution is 0.145. The molecule has 0 radical (unpaired) electrons. The first-order valence-electron chi connectivity index (χ1n) is 7.99. The summed E-state index contributed by atoms with van der Waals surface area (Å²) in [5.74, 6) is 0. The normalized spacial score (nSPS) is 13.4. The van der Waals surface area contributed by atoms with Gasteiger partial charge in [0.1, 0.15) is 0 Å². The van der Waals surface area contributed by atoms with Crippen LogP contribution in [0.2, 0.25) is 0 Å². The topological polar surface area (TPSA) is 21.3 Å². The van der Waals surface area contributed by atoms with E-state index < -0.39 is 0 Å². The summed E-state index contributed by atoms with van der Waals surface area (Å²) in [6.07, 6.45) is 1.09. The first-order valence-corrected chi connectivity index (χ1v) is 8.87. The van der Waals surface area contributed by atoms with E-state index in [1.54, 1.807) is 0 Å². The molecule has 0 aromatic heterocycles. The van der Waals surface area contributed by atoms with Crippen molar-refractivity contribution in [3.63, 3.8) is 0 Å². The highest BCUT2D eigenvalue weighted by Crippen LogP contribution is 2.27. The predicted molar refractivity (Wildman–Crippen MR) is 94.4 cm³/mol. The van der Waals surface area contributed by atoms with Crippen molar-refractivity contribution in [1.29, 1.82) is 0 Å². The maximum atomic E-state index is 5.33. The van der Waals surface area contributed by atoms with Crippen LogP contribution in [0.1, 0.15) is 46.6 Å². The molecule has 0 aliphatic heterocycles. The number of hydrogen-bond acceptors (Lipinski definition) is 3. The average molecular weight is 310 g/mol. The fourth-order valence-corrected chi connectivity index (χ4v) is 3.02. The van der Waals surface area contributed by atoms with Crippen LogP contribution in [0.5, 0.6) is 0 Å². The molecule has 0 fully saturated rings. The van der Waals surface area contributed by atoms with Gasteiger partial charge < -0.3 is 10.1 Å². The van der Waals surface area contributed by atoms with Crippen molar-refractivity contribution < 1.29 is 4.74 Å². The van der Waals surface area contributed by atoms with Gasteiger partial charge in [-0.2, -0.15) is 0 Å². The van der Waals surface area contributed by atoms with E-state index in [4.69, 9.17) is 4.74 Å². The van der Waals surface area contributed by atoms with Crippen LogP contribution in [0.25, 0.3) is 0 Å². The van der Waals surface area contributed by atoms with E-state index in [1.165, 1.54) is 10.5 Å². The zero-order valence-corrected chi connectivity index (χ0v) is 15.1. The summed E-state index contributed by atoms with van der Waals surface area (Å²) in [4.78, 5) is 1.35. The second kappa shape index (κ2) is 9.50. The quantitative estimate of drug-likeness (QED) is 0.537. The van der Waals surface area contributed by atoms with Crippen molar-refractivity contribution in [2.24, 2.45) is 0 Å². The fourth-order valence-electron chi connectivity index (χ4n) is 2.06. The highest BCUT2D eigenvalue weighted by atomic mass is 32.2.